The van der Waals surface area contributed by atoms with Crippen molar-refractivity contribution in [3.63, 3.8) is 0 Å². The Morgan fingerprint density at radius 2 is 1.69 bits per heavy atom. The topological polar surface area (TPSA) is 61.9 Å². The van der Waals surface area contributed by atoms with E-state index in [0.29, 0.717) is 19.6 Å². The maximum Gasteiger partial charge on any atom is 0.223 e. The van der Waals surface area contributed by atoms with E-state index < -0.39 is 0 Å². The number of carbonyl (C=O) groups excluding carboxylic acids is 2. The Bertz CT molecular complexity index is 833. The molecule has 0 unspecified atom stereocenters. The molecule has 0 radical (unpaired) electrons. The van der Waals surface area contributed by atoms with Gasteiger partial charge in [-0.1, -0.05) is 24.3 Å². The molecule has 1 fully saturated rings. The van der Waals surface area contributed by atoms with Gasteiger partial charge >= 0.3 is 0 Å². The van der Waals surface area contributed by atoms with E-state index >= 15 is 0 Å². The smallest absolute Gasteiger partial charge is 0.223 e. The summed E-state index contributed by atoms with van der Waals surface area (Å²) in [6.45, 7) is 3.01. The van der Waals surface area contributed by atoms with E-state index in [1.165, 1.54) is 12.1 Å². The third-order valence-electron chi connectivity index (χ3n) is 5.03. The van der Waals surface area contributed by atoms with Gasteiger partial charge < -0.3 is 19.9 Å². The highest BCUT2D eigenvalue weighted by atomic mass is 19.1. The lowest BCUT2D eigenvalue weighted by atomic mass is 10.2. The molecule has 1 aliphatic heterocycles. The van der Waals surface area contributed by atoms with Gasteiger partial charge in [-0.05, 0) is 29.8 Å². The van der Waals surface area contributed by atoms with Crippen molar-refractivity contribution >= 4 is 17.5 Å². The van der Waals surface area contributed by atoms with Crippen LogP contribution in [0.5, 0.6) is 5.75 Å². The van der Waals surface area contributed by atoms with Gasteiger partial charge in [-0.15, -0.1) is 0 Å². The first kappa shape index (κ1) is 20.6. The van der Waals surface area contributed by atoms with E-state index in [0.717, 1.165) is 30.1 Å². The maximum atomic E-state index is 12.9. The number of benzene rings is 2. The molecule has 29 heavy (non-hydrogen) atoms. The van der Waals surface area contributed by atoms with Gasteiger partial charge in [-0.25, -0.2) is 4.39 Å². The molecule has 0 spiro atoms. The molecule has 3 rings (SSSR count). The molecule has 1 N–H and O–H groups in total. The molecule has 1 saturated heterocycles. The largest absolute Gasteiger partial charge is 0.495 e. The minimum atomic E-state index is -0.309. The number of anilines is 1. The van der Waals surface area contributed by atoms with Crippen molar-refractivity contribution in [2.45, 2.75) is 19.4 Å². The Balaban J connectivity index is 1.40. The first-order chi connectivity index (χ1) is 14.1. The van der Waals surface area contributed by atoms with E-state index in [-0.39, 0.29) is 30.5 Å². The summed E-state index contributed by atoms with van der Waals surface area (Å²) < 4.78 is 18.3. The summed E-state index contributed by atoms with van der Waals surface area (Å²) >= 11 is 0. The van der Waals surface area contributed by atoms with E-state index in [2.05, 4.69) is 10.2 Å². The van der Waals surface area contributed by atoms with E-state index in [4.69, 9.17) is 4.74 Å². The van der Waals surface area contributed by atoms with Gasteiger partial charge in [-0.2, -0.15) is 0 Å². The first-order valence-corrected chi connectivity index (χ1v) is 9.73. The van der Waals surface area contributed by atoms with Gasteiger partial charge in [0.2, 0.25) is 11.8 Å². The zero-order chi connectivity index (χ0) is 20.6. The highest BCUT2D eigenvalue weighted by Gasteiger charge is 2.23. The summed E-state index contributed by atoms with van der Waals surface area (Å²) in [5, 5.41) is 2.76. The second kappa shape index (κ2) is 9.91. The molecule has 6 nitrogen and oxygen atoms in total. The standard InChI is InChI=1S/C22H26FN3O3/c1-29-20-5-3-2-4-19(20)25-12-14-26(15-13-25)22(28)11-10-21(27)24-16-17-6-8-18(23)9-7-17/h2-9H,10-16H2,1H3,(H,24,27). The van der Waals surface area contributed by atoms with Crippen molar-refractivity contribution < 1.29 is 18.7 Å². The SMILES string of the molecule is COc1ccccc1N1CCN(C(=O)CCC(=O)NCc2ccc(F)cc2)CC1. The molecular weight excluding hydrogens is 373 g/mol. The number of hydrogen-bond acceptors (Lipinski definition) is 4. The van der Waals surface area contributed by atoms with Gasteiger partial charge in [0.15, 0.2) is 0 Å². The van der Waals surface area contributed by atoms with Crippen LogP contribution in [0.15, 0.2) is 48.5 Å². The maximum absolute atomic E-state index is 12.9. The second-order valence-electron chi connectivity index (χ2n) is 6.94. The molecule has 154 valence electrons. The predicted octanol–water partition coefficient (Wildman–Crippen LogP) is 2.58. The summed E-state index contributed by atoms with van der Waals surface area (Å²) in [4.78, 5) is 28.5. The van der Waals surface area contributed by atoms with Crippen molar-refractivity contribution in [2.24, 2.45) is 0 Å². The van der Waals surface area contributed by atoms with Gasteiger partial charge in [0.25, 0.3) is 0 Å². The van der Waals surface area contributed by atoms with Crippen LogP contribution in [0, 0.1) is 5.82 Å². The fraction of sp³-hybridized carbons (Fsp3) is 0.364. The molecule has 0 aromatic heterocycles. The minimum Gasteiger partial charge on any atom is -0.495 e. The number of ether oxygens (including phenoxy) is 1. The Morgan fingerprint density at radius 1 is 1.00 bits per heavy atom. The van der Waals surface area contributed by atoms with Crippen LogP contribution in [0.2, 0.25) is 0 Å². The number of hydrogen-bond donors (Lipinski definition) is 1. The molecule has 2 aromatic carbocycles. The lowest BCUT2D eigenvalue weighted by molar-refractivity contribution is -0.133. The Hall–Kier alpha value is -3.09. The van der Waals surface area contributed by atoms with Crippen LogP contribution in [-0.4, -0.2) is 50.0 Å². The molecule has 2 amide bonds. The quantitative estimate of drug-likeness (QED) is 0.778. The van der Waals surface area contributed by atoms with Crippen molar-refractivity contribution in [3.8, 4) is 5.75 Å². The van der Waals surface area contributed by atoms with Crippen LogP contribution in [0.1, 0.15) is 18.4 Å². The van der Waals surface area contributed by atoms with Crippen LogP contribution < -0.4 is 15.0 Å². The molecule has 7 heteroatoms. The fourth-order valence-corrected chi connectivity index (χ4v) is 3.36. The minimum absolute atomic E-state index is 0.0124. The van der Waals surface area contributed by atoms with Crippen molar-refractivity contribution in [1.29, 1.82) is 0 Å². The number of para-hydroxylation sites is 2. The Kier molecular flexibility index (Phi) is 7.05. The summed E-state index contributed by atoms with van der Waals surface area (Å²) in [6.07, 6.45) is 0.330. The zero-order valence-electron chi connectivity index (χ0n) is 16.6. The molecule has 1 heterocycles. The number of nitrogens with zero attached hydrogens (tertiary/aromatic N) is 2. The van der Waals surface area contributed by atoms with Crippen molar-refractivity contribution in [1.82, 2.24) is 10.2 Å². The second-order valence-corrected chi connectivity index (χ2v) is 6.94. The lowest BCUT2D eigenvalue weighted by Gasteiger charge is -2.36. The van der Waals surface area contributed by atoms with Gasteiger partial charge in [0.1, 0.15) is 11.6 Å². The third-order valence-corrected chi connectivity index (χ3v) is 5.03. The summed E-state index contributed by atoms with van der Waals surface area (Å²) in [7, 11) is 1.65. The molecule has 0 bridgehead atoms. The number of carbonyl (C=O) groups is 2. The molecule has 0 saturated carbocycles. The van der Waals surface area contributed by atoms with Crippen LogP contribution in [0.3, 0.4) is 0 Å². The zero-order valence-corrected chi connectivity index (χ0v) is 16.6. The van der Waals surface area contributed by atoms with Gasteiger partial charge in [0, 0.05) is 45.6 Å². The first-order valence-electron chi connectivity index (χ1n) is 9.73. The number of rotatable bonds is 7. The summed E-state index contributed by atoms with van der Waals surface area (Å²) in [6, 6.07) is 13.8. The highest BCUT2D eigenvalue weighted by Crippen LogP contribution is 2.28. The molecule has 1 aliphatic rings. The molecule has 2 aromatic rings. The van der Waals surface area contributed by atoms with Gasteiger partial charge in [-0.3, -0.25) is 9.59 Å². The Labute approximate surface area is 170 Å². The number of nitrogens with one attached hydrogen (secondary N) is 1. The van der Waals surface area contributed by atoms with Gasteiger partial charge in [0.05, 0.1) is 12.8 Å². The molecule has 0 aliphatic carbocycles. The van der Waals surface area contributed by atoms with Crippen LogP contribution in [0.4, 0.5) is 10.1 Å². The predicted molar refractivity (Wildman–Crippen MR) is 109 cm³/mol. The van der Waals surface area contributed by atoms with E-state index in [1.807, 2.05) is 24.3 Å². The third kappa shape index (κ3) is 5.70. The monoisotopic (exact) mass is 399 g/mol. The number of piperazine rings is 1. The average molecular weight is 399 g/mol. The van der Waals surface area contributed by atoms with Crippen LogP contribution in [0.25, 0.3) is 0 Å². The number of methoxy groups -OCH3 is 1. The molecule has 0 atom stereocenters. The van der Waals surface area contributed by atoms with E-state index in [9.17, 15) is 14.0 Å². The van der Waals surface area contributed by atoms with Crippen molar-refractivity contribution in [2.75, 3.05) is 38.2 Å². The van der Waals surface area contributed by atoms with Crippen LogP contribution >= 0.6 is 0 Å². The average Bonchev–Trinajstić information content (AvgIpc) is 2.77. The normalized spacial score (nSPS) is 13.9. The van der Waals surface area contributed by atoms with Crippen LogP contribution in [-0.2, 0) is 16.1 Å². The van der Waals surface area contributed by atoms with E-state index in [1.54, 1.807) is 24.1 Å². The van der Waals surface area contributed by atoms with Crippen molar-refractivity contribution in [3.05, 3.63) is 59.9 Å². The summed E-state index contributed by atoms with van der Waals surface area (Å²) in [5.41, 5.74) is 1.85. The number of amides is 2. The summed E-state index contributed by atoms with van der Waals surface area (Å²) in [5.74, 6) is 0.318. The Morgan fingerprint density at radius 3 is 2.38 bits per heavy atom. The molecular formula is C22H26FN3O3. The lowest BCUT2D eigenvalue weighted by Crippen LogP contribution is -2.49. The highest BCUT2D eigenvalue weighted by molar-refractivity contribution is 5.84. The fourth-order valence-electron chi connectivity index (χ4n) is 3.36. The number of halogens is 1.